The molecular weight excluding hydrogens is 500 g/mol. The van der Waals surface area contributed by atoms with Crippen molar-refractivity contribution in [2.24, 2.45) is 0 Å². The van der Waals surface area contributed by atoms with Crippen LogP contribution in [-0.4, -0.2) is 12.6 Å². The molecule has 1 atom stereocenters. The van der Waals surface area contributed by atoms with Gasteiger partial charge in [0.1, 0.15) is 17.2 Å². The van der Waals surface area contributed by atoms with Gasteiger partial charge in [0.15, 0.2) is 5.60 Å². The zero-order valence-corrected chi connectivity index (χ0v) is 21.8. The maximum atomic E-state index is 13.2. The molecule has 5 aromatic carbocycles. The summed E-state index contributed by atoms with van der Waals surface area (Å²) in [7, 11) is 0. The van der Waals surface area contributed by atoms with Gasteiger partial charge in [-0.05, 0) is 79.7 Å². The number of fused-ring (bicyclic) bond motifs is 6. The number of esters is 1. The van der Waals surface area contributed by atoms with Crippen molar-refractivity contribution in [2.75, 3.05) is 17.2 Å². The fourth-order valence-electron chi connectivity index (χ4n) is 5.48. The van der Waals surface area contributed by atoms with E-state index in [1.54, 1.807) is 0 Å². The molecule has 0 amide bonds. The number of benzene rings is 5. The van der Waals surface area contributed by atoms with Crippen molar-refractivity contribution >= 4 is 28.7 Å². The Kier molecular flexibility index (Phi) is 5.67. The fraction of sp³-hybridized carbons (Fsp3) is 0.0882. The van der Waals surface area contributed by atoms with Gasteiger partial charge in [-0.15, -0.1) is 0 Å². The molecule has 0 fully saturated rings. The summed E-state index contributed by atoms with van der Waals surface area (Å²) in [6, 6.07) is 37.1. The summed E-state index contributed by atoms with van der Waals surface area (Å²) < 4.78 is 18.4. The van der Waals surface area contributed by atoms with Gasteiger partial charge in [-0.3, -0.25) is 0 Å². The molecule has 2 heterocycles. The quantitative estimate of drug-likeness (QED) is 0.218. The molecule has 196 valence electrons. The molecule has 6 heteroatoms. The van der Waals surface area contributed by atoms with E-state index in [4.69, 9.17) is 14.2 Å². The van der Waals surface area contributed by atoms with Crippen LogP contribution in [0.1, 0.15) is 34.0 Å². The third-order valence-electron chi connectivity index (χ3n) is 7.23. The zero-order chi connectivity index (χ0) is 27.1. The van der Waals surface area contributed by atoms with Crippen LogP contribution in [0, 0.1) is 0 Å². The Bertz CT molecular complexity index is 1730. The lowest BCUT2D eigenvalue weighted by Crippen LogP contribution is -2.33. The van der Waals surface area contributed by atoms with Crippen LogP contribution in [-0.2, 0) is 10.3 Å². The normalized spacial score (nSPS) is 16.3. The average molecular weight is 527 g/mol. The number of carbonyl (C=O) groups is 1. The molecule has 0 bridgehead atoms. The molecule has 5 aromatic rings. The molecule has 6 nitrogen and oxygen atoms in total. The summed E-state index contributed by atoms with van der Waals surface area (Å²) in [5.74, 6) is 1.72. The van der Waals surface area contributed by atoms with Crippen LogP contribution in [0.2, 0.25) is 0 Å². The number of para-hydroxylation sites is 1. The highest BCUT2D eigenvalue weighted by atomic mass is 16.6. The van der Waals surface area contributed by atoms with Gasteiger partial charge in [-0.25, -0.2) is 4.79 Å². The van der Waals surface area contributed by atoms with Crippen molar-refractivity contribution in [3.63, 3.8) is 0 Å². The van der Waals surface area contributed by atoms with E-state index in [0.717, 1.165) is 45.2 Å². The molecule has 0 aromatic heterocycles. The fourth-order valence-corrected chi connectivity index (χ4v) is 5.48. The zero-order valence-electron chi connectivity index (χ0n) is 21.8. The lowest BCUT2D eigenvalue weighted by Gasteiger charge is -2.37. The predicted molar refractivity (Wildman–Crippen MR) is 155 cm³/mol. The first-order chi connectivity index (χ1) is 19.6. The number of nitrogens with one attached hydrogen (secondary N) is 2. The Morgan fingerprint density at radius 3 is 2.12 bits per heavy atom. The Morgan fingerprint density at radius 1 is 0.650 bits per heavy atom. The smallest absolute Gasteiger partial charge is 0.340 e. The molecule has 2 aliphatic heterocycles. The molecule has 2 N–H and O–H groups in total. The molecular formula is C34H26N2O4. The minimum absolute atomic E-state index is 0.356. The summed E-state index contributed by atoms with van der Waals surface area (Å²) in [6.07, 6.45) is 0. The van der Waals surface area contributed by atoms with E-state index in [0.29, 0.717) is 23.7 Å². The van der Waals surface area contributed by atoms with E-state index in [9.17, 15) is 4.79 Å². The summed E-state index contributed by atoms with van der Waals surface area (Å²) in [5, 5.41) is 6.89. The van der Waals surface area contributed by atoms with Crippen molar-refractivity contribution in [1.82, 2.24) is 0 Å². The highest BCUT2D eigenvalue weighted by Crippen LogP contribution is 2.57. The van der Waals surface area contributed by atoms with Gasteiger partial charge in [-0.1, -0.05) is 36.4 Å². The van der Waals surface area contributed by atoms with Crippen LogP contribution in [0.15, 0.2) is 115 Å². The van der Waals surface area contributed by atoms with Gasteiger partial charge < -0.3 is 24.8 Å². The number of hydrogen-bond donors (Lipinski definition) is 2. The topological polar surface area (TPSA) is 68.8 Å². The van der Waals surface area contributed by atoms with E-state index in [1.165, 1.54) is 0 Å². The minimum Gasteiger partial charge on any atom is -0.494 e. The van der Waals surface area contributed by atoms with Crippen molar-refractivity contribution in [1.29, 1.82) is 0 Å². The van der Waals surface area contributed by atoms with E-state index < -0.39 is 5.60 Å². The van der Waals surface area contributed by atoms with Crippen molar-refractivity contribution in [3.8, 4) is 17.2 Å². The molecule has 0 saturated heterocycles. The lowest BCUT2D eigenvalue weighted by molar-refractivity contribution is 0.0224. The summed E-state index contributed by atoms with van der Waals surface area (Å²) in [5.41, 5.74) is 5.34. The number of ether oxygens (including phenoxy) is 3. The van der Waals surface area contributed by atoms with Crippen LogP contribution in [0.3, 0.4) is 0 Å². The number of anilines is 4. The molecule has 7 rings (SSSR count). The van der Waals surface area contributed by atoms with Crippen LogP contribution in [0.25, 0.3) is 0 Å². The third kappa shape index (κ3) is 3.93. The van der Waals surface area contributed by atoms with E-state index in [-0.39, 0.29) is 5.97 Å². The Hall–Kier alpha value is -5.23. The number of carbonyl (C=O) groups excluding carboxylic acids is 1. The summed E-state index contributed by atoms with van der Waals surface area (Å²) in [6.45, 7) is 2.58. The maximum absolute atomic E-state index is 13.2. The number of hydrogen-bond acceptors (Lipinski definition) is 6. The predicted octanol–water partition coefficient (Wildman–Crippen LogP) is 8.14. The third-order valence-corrected chi connectivity index (χ3v) is 7.23. The second-order valence-corrected chi connectivity index (χ2v) is 9.71. The van der Waals surface area contributed by atoms with Gasteiger partial charge in [0.05, 0.1) is 12.2 Å². The van der Waals surface area contributed by atoms with Crippen LogP contribution < -0.4 is 20.1 Å². The van der Waals surface area contributed by atoms with E-state index >= 15 is 0 Å². The second kappa shape index (κ2) is 9.50. The van der Waals surface area contributed by atoms with Crippen LogP contribution in [0.5, 0.6) is 17.2 Å². The highest BCUT2D eigenvalue weighted by Gasteiger charge is 2.53. The van der Waals surface area contributed by atoms with Crippen molar-refractivity contribution in [2.45, 2.75) is 12.5 Å². The summed E-state index contributed by atoms with van der Waals surface area (Å²) >= 11 is 0. The molecule has 1 unspecified atom stereocenters. The van der Waals surface area contributed by atoms with E-state index in [1.807, 2.05) is 122 Å². The highest BCUT2D eigenvalue weighted by molar-refractivity contribution is 5.97. The van der Waals surface area contributed by atoms with Crippen molar-refractivity contribution < 1.29 is 19.0 Å². The van der Waals surface area contributed by atoms with Gasteiger partial charge in [0.2, 0.25) is 0 Å². The average Bonchev–Trinajstić information content (AvgIpc) is 3.28. The van der Waals surface area contributed by atoms with Gasteiger partial charge in [-0.2, -0.15) is 0 Å². The van der Waals surface area contributed by atoms with Gasteiger partial charge in [0.25, 0.3) is 0 Å². The Morgan fingerprint density at radius 2 is 1.32 bits per heavy atom. The Balaban J connectivity index is 1.33. The molecule has 0 radical (unpaired) electrons. The first-order valence-electron chi connectivity index (χ1n) is 13.3. The lowest BCUT2D eigenvalue weighted by atomic mass is 9.77. The molecule has 0 saturated carbocycles. The molecule has 2 aliphatic rings. The second-order valence-electron chi connectivity index (χ2n) is 9.71. The number of rotatable bonds is 6. The van der Waals surface area contributed by atoms with Gasteiger partial charge in [0, 0.05) is 45.5 Å². The molecule has 40 heavy (non-hydrogen) atoms. The minimum atomic E-state index is -1.14. The largest absolute Gasteiger partial charge is 0.494 e. The first-order valence-corrected chi connectivity index (χ1v) is 13.3. The molecule has 1 spiro atoms. The Labute approximate surface area is 232 Å². The molecule has 0 aliphatic carbocycles. The van der Waals surface area contributed by atoms with Crippen LogP contribution in [0.4, 0.5) is 22.7 Å². The standard InChI is InChI=1S/C34H26N2O4/c1-2-38-26-16-12-23(13-17-26)36-24-15-19-31-30(20-24)34(28-11-7-6-10-27(28)33(37)40-34)29-18-14-25(21-32(29)39-31)35-22-8-4-3-5-9-22/h3-21,35-36H,2H2,1H3. The van der Waals surface area contributed by atoms with E-state index in [2.05, 4.69) is 10.6 Å². The maximum Gasteiger partial charge on any atom is 0.340 e. The first kappa shape index (κ1) is 23.9. The summed E-state index contributed by atoms with van der Waals surface area (Å²) in [4.78, 5) is 13.2. The van der Waals surface area contributed by atoms with Crippen LogP contribution >= 0.6 is 0 Å². The SMILES string of the molecule is CCOc1ccc(Nc2ccc3c(c2)C2(OC(=O)c4ccccc42)c2ccc(Nc4ccccc4)cc2O3)cc1. The van der Waals surface area contributed by atoms with Gasteiger partial charge >= 0.3 is 5.97 Å². The monoisotopic (exact) mass is 526 g/mol. The van der Waals surface area contributed by atoms with Crippen molar-refractivity contribution in [3.05, 3.63) is 138 Å².